The summed E-state index contributed by atoms with van der Waals surface area (Å²) in [5, 5.41) is 10.7. The standard InChI is InChI=1S/C18H19N3O4/c1-10-17(14-9-12(22)5-7-15(14)19-10)13-6-4-11(8-16(13)24-2)20-21-18(23)25-3/h4-9,19-20,22H,1-3H3,(H,21,23). The number of benzene rings is 2. The van der Waals surface area contributed by atoms with Gasteiger partial charge in [-0.2, -0.15) is 0 Å². The van der Waals surface area contributed by atoms with Crippen molar-refractivity contribution in [2.24, 2.45) is 0 Å². The first-order valence-corrected chi connectivity index (χ1v) is 7.63. The second-order valence-electron chi connectivity index (χ2n) is 5.51. The van der Waals surface area contributed by atoms with E-state index in [1.807, 2.05) is 25.1 Å². The molecule has 0 saturated carbocycles. The van der Waals surface area contributed by atoms with Crippen LogP contribution in [-0.2, 0) is 4.74 Å². The Morgan fingerprint density at radius 2 is 1.96 bits per heavy atom. The van der Waals surface area contributed by atoms with Gasteiger partial charge in [-0.3, -0.25) is 5.43 Å². The van der Waals surface area contributed by atoms with Crippen molar-refractivity contribution in [3.8, 4) is 22.6 Å². The van der Waals surface area contributed by atoms with E-state index < -0.39 is 6.09 Å². The van der Waals surface area contributed by atoms with Crippen LogP contribution in [0.1, 0.15) is 5.69 Å². The van der Waals surface area contributed by atoms with E-state index in [9.17, 15) is 9.90 Å². The van der Waals surface area contributed by atoms with Crippen LogP contribution in [0.25, 0.3) is 22.0 Å². The number of methoxy groups -OCH3 is 2. The van der Waals surface area contributed by atoms with Crippen molar-refractivity contribution in [1.82, 2.24) is 10.4 Å². The molecule has 4 N–H and O–H groups in total. The van der Waals surface area contributed by atoms with Crippen molar-refractivity contribution in [3.05, 3.63) is 42.1 Å². The smallest absolute Gasteiger partial charge is 0.425 e. The zero-order valence-corrected chi connectivity index (χ0v) is 14.1. The van der Waals surface area contributed by atoms with Crippen molar-refractivity contribution < 1.29 is 19.4 Å². The number of carbonyl (C=O) groups is 1. The first-order valence-electron chi connectivity index (χ1n) is 7.63. The third kappa shape index (κ3) is 3.16. The number of H-pyrrole nitrogens is 1. The number of carbonyl (C=O) groups excluding carboxylic acids is 1. The van der Waals surface area contributed by atoms with Crippen molar-refractivity contribution in [2.75, 3.05) is 19.6 Å². The van der Waals surface area contributed by atoms with Crippen LogP contribution in [0.3, 0.4) is 0 Å². The number of rotatable bonds is 4. The number of aromatic hydroxyl groups is 1. The fourth-order valence-corrected chi connectivity index (χ4v) is 2.81. The topological polar surface area (TPSA) is 95.6 Å². The molecule has 3 aromatic rings. The lowest BCUT2D eigenvalue weighted by Gasteiger charge is -2.13. The van der Waals surface area contributed by atoms with E-state index in [0.29, 0.717) is 11.4 Å². The number of hydrogen-bond donors (Lipinski definition) is 4. The molecule has 130 valence electrons. The summed E-state index contributed by atoms with van der Waals surface area (Å²) < 4.78 is 10.0. The summed E-state index contributed by atoms with van der Waals surface area (Å²) in [6, 6.07) is 10.7. The van der Waals surface area contributed by atoms with Crippen LogP contribution in [0.15, 0.2) is 36.4 Å². The molecule has 3 rings (SSSR count). The number of hydrogen-bond acceptors (Lipinski definition) is 5. The van der Waals surface area contributed by atoms with Gasteiger partial charge in [0.2, 0.25) is 0 Å². The van der Waals surface area contributed by atoms with Crippen molar-refractivity contribution in [2.45, 2.75) is 6.92 Å². The lowest BCUT2D eigenvalue weighted by molar-refractivity contribution is 0.173. The molecule has 0 radical (unpaired) electrons. The molecule has 1 aromatic heterocycles. The third-order valence-corrected chi connectivity index (χ3v) is 3.93. The fourth-order valence-electron chi connectivity index (χ4n) is 2.81. The van der Waals surface area contributed by atoms with E-state index in [0.717, 1.165) is 27.7 Å². The molecule has 0 saturated heterocycles. The number of fused-ring (bicyclic) bond motifs is 1. The van der Waals surface area contributed by atoms with Gasteiger partial charge in [-0.05, 0) is 37.3 Å². The van der Waals surface area contributed by atoms with E-state index in [2.05, 4.69) is 20.6 Å². The molecule has 0 aliphatic carbocycles. The first kappa shape index (κ1) is 16.5. The van der Waals surface area contributed by atoms with Gasteiger partial charge in [-0.15, -0.1) is 0 Å². The molecule has 7 nitrogen and oxygen atoms in total. The summed E-state index contributed by atoms with van der Waals surface area (Å²) in [6.07, 6.45) is -0.592. The molecule has 0 atom stereocenters. The highest BCUT2D eigenvalue weighted by Gasteiger charge is 2.16. The van der Waals surface area contributed by atoms with Crippen LogP contribution >= 0.6 is 0 Å². The molecule has 7 heteroatoms. The molecule has 0 unspecified atom stereocenters. The summed E-state index contributed by atoms with van der Waals surface area (Å²) in [7, 11) is 2.87. The molecule has 0 fully saturated rings. The Kier molecular flexibility index (Phi) is 4.38. The van der Waals surface area contributed by atoms with Gasteiger partial charge >= 0.3 is 6.09 Å². The number of aryl methyl sites for hydroxylation is 1. The number of phenols is 1. The molecule has 25 heavy (non-hydrogen) atoms. The van der Waals surface area contributed by atoms with E-state index in [4.69, 9.17) is 4.74 Å². The van der Waals surface area contributed by atoms with E-state index in [1.54, 1.807) is 25.3 Å². The molecule has 1 heterocycles. The average Bonchev–Trinajstić information content (AvgIpc) is 2.94. The molecular weight excluding hydrogens is 322 g/mol. The number of ether oxygens (including phenoxy) is 2. The second-order valence-corrected chi connectivity index (χ2v) is 5.51. The Bertz CT molecular complexity index is 933. The van der Waals surface area contributed by atoms with E-state index >= 15 is 0 Å². The van der Waals surface area contributed by atoms with Gasteiger partial charge in [-0.1, -0.05) is 0 Å². The molecule has 1 amide bonds. The Morgan fingerprint density at radius 3 is 2.68 bits per heavy atom. The van der Waals surface area contributed by atoms with Crippen molar-refractivity contribution >= 4 is 22.7 Å². The maximum absolute atomic E-state index is 11.2. The normalized spacial score (nSPS) is 10.5. The third-order valence-electron chi connectivity index (χ3n) is 3.93. The van der Waals surface area contributed by atoms with Gasteiger partial charge in [0.15, 0.2) is 0 Å². The lowest BCUT2D eigenvalue weighted by atomic mass is 10.0. The average molecular weight is 341 g/mol. The maximum atomic E-state index is 11.2. The monoisotopic (exact) mass is 341 g/mol. The quantitative estimate of drug-likeness (QED) is 0.544. The highest BCUT2D eigenvalue weighted by atomic mass is 16.5. The molecule has 2 aromatic carbocycles. The number of aromatic amines is 1. The fraction of sp³-hybridized carbons (Fsp3) is 0.167. The Hall–Kier alpha value is -3.35. The van der Waals surface area contributed by atoms with Crippen LogP contribution in [0, 0.1) is 6.92 Å². The summed E-state index contributed by atoms with van der Waals surface area (Å²) in [6.45, 7) is 1.97. The molecule has 0 spiro atoms. The van der Waals surface area contributed by atoms with Crippen LogP contribution < -0.4 is 15.6 Å². The van der Waals surface area contributed by atoms with Crippen molar-refractivity contribution in [1.29, 1.82) is 0 Å². The Labute approximate surface area is 144 Å². The number of phenolic OH excluding ortho intramolecular Hbond substituents is 1. The minimum absolute atomic E-state index is 0.201. The zero-order chi connectivity index (χ0) is 18.0. The number of anilines is 1. The highest BCUT2D eigenvalue weighted by Crippen LogP contribution is 2.39. The van der Waals surface area contributed by atoms with Crippen LogP contribution in [0.2, 0.25) is 0 Å². The second kappa shape index (κ2) is 6.64. The minimum atomic E-state index is -0.592. The number of aromatic nitrogens is 1. The highest BCUT2D eigenvalue weighted by molar-refractivity contribution is 5.99. The van der Waals surface area contributed by atoms with Gasteiger partial charge in [0.1, 0.15) is 11.5 Å². The van der Waals surface area contributed by atoms with Gasteiger partial charge in [-0.25, -0.2) is 10.2 Å². The summed E-state index contributed by atoms with van der Waals surface area (Å²) >= 11 is 0. The van der Waals surface area contributed by atoms with Gasteiger partial charge in [0.25, 0.3) is 0 Å². The number of nitrogens with one attached hydrogen (secondary N) is 3. The van der Waals surface area contributed by atoms with E-state index in [1.165, 1.54) is 7.11 Å². The largest absolute Gasteiger partial charge is 0.508 e. The Morgan fingerprint density at radius 1 is 1.16 bits per heavy atom. The van der Waals surface area contributed by atoms with Crippen molar-refractivity contribution in [3.63, 3.8) is 0 Å². The molecule has 0 bridgehead atoms. The maximum Gasteiger partial charge on any atom is 0.425 e. The van der Waals surface area contributed by atoms with Crippen LogP contribution in [0.4, 0.5) is 10.5 Å². The summed E-state index contributed by atoms with van der Waals surface area (Å²) in [5.74, 6) is 0.830. The summed E-state index contributed by atoms with van der Waals surface area (Å²) in [4.78, 5) is 14.5. The Balaban J connectivity index is 2.04. The molecular formula is C18H19N3O4. The molecule has 0 aliphatic rings. The predicted octanol–water partition coefficient (Wildman–Crippen LogP) is 3.54. The number of hydrazine groups is 1. The van der Waals surface area contributed by atoms with Gasteiger partial charge in [0.05, 0.1) is 19.9 Å². The van der Waals surface area contributed by atoms with Crippen LogP contribution in [0.5, 0.6) is 11.5 Å². The zero-order valence-electron chi connectivity index (χ0n) is 14.1. The SMILES string of the molecule is COC(=O)NNc1ccc(-c2c(C)[nH]c3ccc(O)cc23)c(OC)c1. The first-order chi connectivity index (χ1) is 12.0. The summed E-state index contributed by atoms with van der Waals surface area (Å²) in [5.41, 5.74) is 9.52. The lowest BCUT2D eigenvalue weighted by Crippen LogP contribution is -2.28. The number of amides is 1. The predicted molar refractivity (Wildman–Crippen MR) is 95.9 cm³/mol. The van der Waals surface area contributed by atoms with Gasteiger partial charge in [0, 0.05) is 33.8 Å². The van der Waals surface area contributed by atoms with Gasteiger partial charge < -0.3 is 19.6 Å². The van der Waals surface area contributed by atoms with E-state index in [-0.39, 0.29) is 5.75 Å². The minimum Gasteiger partial charge on any atom is -0.508 e. The van der Waals surface area contributed by atoms with Crippen LogP contribution in [-0.4, -0.2) is 30.4 Å². The molecule has 0 aliphatic heterocycles.